The van der Waals surface area contributed by atoms with Crippen LogP contribution in [0.5, 0.6) is 0 Å². The van der Waals surface area contributed by atoms with E-state index in [2.05, 4.69) is 10.6 Å². The van der Waals surface area contributed by atoms with Crippen molar-refractivity contribution in [3.63, 3.8) is 0 Å². The minimum Gasteiger partial charge on any atom is -0.481 e. The number of nitrogens with one attached hydrogen (secondary N) is 2. The Labute approximate surface area is 122 Å². The Kier molecular flexibility index (Phi) is 3.97. The van der Waals surface area contributed by atoms with Crippen molar-refractivity contribution in [2.24, 2.45) is 5.41 Å². The molecule has 2 rings (SSSR count). The van der Waals surface area contributed by atoms with E-state index in [1.54, 1.807) is 32.0 Å². The number of rotatable bonds is 5. The molecule has 1 aliphatic rings. The topological polar surface area (TPSA) is 95.5 Å². The second-order valence-electron chi connectivity index (χ2n) is 6.01. The molecule has 0 atom stereocenters. The van der Waals surface area contributed by atoms with E-state index < -0.39 is 11.4 Å². The molecule has 1 aromatic carbocycles. The third-order valence-corrected chi connectivity index (χ3v) is 3.35. The molecule has 6 heteroatoms. The Morgan fingerprint density at radius 1 is 1.33 bits per heavy atom. The van der Waals surface area contributed by atoms with Gasteiger partial charge in [0.05, 0.1) is 6.42 Å². The summed E-state index contributed by atoms with van der Waals surface area (Å²) in [6.07, 6.45) is 0.0234. The van der Waals surface area contributed by atoms with E-state index in [0.29, 0.717) is 17.8 Å². The van der Waals surface area contributed by atoms with Crippen LogP contribution in [0.1, 0.15) is 42.6 Å². The summed E-state index contributed by atoms with van der Waals surface area (Å²) in [4.78, 5) is 34.3. The number of carboxylic acids is 1. The number of hydrogen-bond acceptors (Lipinski definition) is 3. The van der Waals surface area contributed by atoms with E-state index in [1.165, 1.54) is 0 Å². The summed E-state index contributed by atoms with van der Waals surface area (Å²) >= 11 is 0. The molecule has 6 nitrogen and oxygen atoms in total. The molecule has 0 aliphatic carbocycles. The average Bonchev–Trinajstić information content (AvgIpc) is 2.68. The van der Waals surface area contributed by atoms with Crippen molar-refractivity contribution in [2.45, 2.75) is 33.2 Å². The molecule has 0 saturated heterocycles. The van der Waals surface area contributed by atoms with Crippen LogP contribution in [0.15, 0.2) is 18.2 Å². The summed E-state index contributed by atoms with van der Waals surface area (Å²) in [6.45, 7) is 3.97. The molecule has 0 unspecified atom stereocenters. The molecule has 0 radical (unpaired) electrons. The number of carbonyl (C=O) groups excluding carboxylic acids is 2. The van der Waals surface area contributed by atoms with Crippen LogP contribution in [-0.2, 0) is 16.1 Å². The van der Waals surface area contributed by atoms with Crippen molar-refractivity contribution >= 4 is 23.5 Å². The lowest BCUT2D eigenvalue weighted by atomic mass is 9.85. The zero-order valence-corrected chi connectivity index (χ0v) is 12.0. The van der Waals surface area contributed by atoms with Crippen LogP contribution in [0, 0.1) is 5.41 Å². The summed E-state index contributed by atoms with van der Waals surface area (Å²) in [5, 5.41) is 14.2. The highest BCUT2D eigenvalue weighted by Crippen LogP contribution is 2.26. The monoisotopic (exact) mass is 290 g/mol. The van der Waals surface area contributed by atoms with Crippen molar-refractivity contribution < 1.29 is 19.5 Å². The molecule has 0 saturated carbocycles. The zero-order chi connectivity index (χ0) is 15.6. The number of carboxylic acid groups (broad SMARTS) is 1. The minimum atomic E-state index is -0.929. The van der Waals surface area contributed by atoms with E-state index in [9.17, 15) is 14.4 Å². The third-order valence-electron chi connectivity index (χ3n) is 3.35. The number of anilines is 1. The first-order valence-electron chi connectivity index (χ1n) is 6.70. The maximum atomic E-state index is 12.0. The van der Waals surface area contributed by atoms with Gasteiger partial charge in [0.2, 0.25) is 5.91 Å². The van der Waals surface area contributed by atoms with Crippen molar-refractivity contribution in [2.75, 3.05) is 5.32 Å². The van der Waals surface area contributed by atoms with Gasteiger partial charge in [0.1, 0.15) is 0 Å². The van der Waals surface area contributed by atoms with Crippen LogP contribution in [-0.4, -0.2) is 22.9 Å². The van der Waals surface area contributed by atoms with Crippen molar-refractivity contribution in [1.29, 1.82) is 0 Å². The summed E-state index contributed by atoms with van der Waals surface area (Å²) < 4.78 is 0. The lowest BCUT2D eigenvalue weighted by molar-refractivity contribution is -0.139. The Balaban J connectivity index is 2.02. The van der Waals surface area contributed by atoms with Gasteiger partial charge in [-0.2, -0.15) is 0 Å². The number of fused-ring (bicyclic) bond motifs is 1. The maximum absolute atomic E-state index is 12.0. The Morgan fingerprint density at radius 2 is 2.05 bits per heavy atom. The van der Waals surface area contributed by atoms with E-state index in [4.69, 9.17) is 5.11 Å². The zero-order valence-electron chi connectivity index (χ0n) is 12.0. The summed E-state index contributed by atoms with van der Waals surface area (Å²) in [5.74, 6) is -1.34. The molecule has 0 spiro atoms. The highest BCUT2D eigenvalue weighted by atomic mass is 16.4. The van der Waals surface area contributed by atoms with E-state index in [1.807, 2.05) is 0 Å². The van der Waals surface area contributed by atoms with Crippen molar-refractivity contribution in [3.8, 4) is 0 Å². The van der Waals surface area contributed by atoms with Crippen LogP contribution in [0.3, 0.4) is 0 Å². The Bertz CT molecular complexity index is 608. The fourth-order valence-electron chi connectivity index (χ4n) is 2.40. The predicted octanol–water partition coefficient (Wildman–Crippen LogP) is 1.76. The molecule has 112 valence electrons. The molecule has 0 bridgehead atoms. The molecule has 3 N–H and O–H groups in total. The fourth-order valence-corrected chi connectivity index (χ4v) is 2.40. The molecule has 2 amide bonds. The first-order valence-corrected chi connectivity index (χ1v) is 6.70. The normalized spacial score (nSPS) is 13.5. The van der Waals surface area contributed by atoms with Gasteiger partial charge in [-0.3, -0.25) is 14.4 Å². The fraction of sp³-hybridized carbons (Fsp3) is 0.400. The molecule has 0 aromatic heterocycles. The van der Waals surface area contributed by atoms with Crippen LogP contribution in [0.4, 0.5) is 5.69 Å². The number of hydrogen-bond donors (Lipinski definition) is 3. The predicted molar refractivity (Wildman–Crippen MR) is 76.9 cm³/mol. The van der Waals surface area contributed by atoms with E-state index in [0.717, 1.165) is 5.56 Å². The standard InChI is InChI=1S/C15H18N2O4/c1-15(2,7-13(19)20)6-12(18)17-10-4-3-9-8-16-14(21)11(9)5-10/h3-5H,6-8H2,1-2H3,(H,16,21)(H,17,18)(H,19,20). The molecule has 1 aromatic rings. The Morgan fingerprint density at radius 3 is 2.71 bits per heavy atom. The van der Waals surface area contributed by atoms with Gasteiger partial charge in [0.25, 0.3) is 5.91 Å². The number of carbonyl (C=O) groups is 3. The second-order valence-corrected chi connectivity index (χ2v) is 6.01. The average molecular weight is 290 g/mol. The van der Waals surface area contributed by atoms with Gasteiger partial charge in [0, 0.05) is 24.2 Å². The molecule has 1 aliphatic heterocycles. The molecule has 21 heavy (non-hydrogen) atoms. The van der Waals surface area contributed by atoms with Gasteiger partial charge in [-0.05, 0) is 23.1 Å². The number of aliphatic carboxylic acids is 1. The van der Waals surface area contributed by atoms with Gasteiger partial charge in [0.15, 0.2) is 0 Å². The summed E-state index contributed by atoms with van der Waals surface area (Å²) in [7, 11) is 0. The summed E-state index contributed by atoms with van der Waals surface area (Å²) in [6, 6.07) is 5.17. The first kappa shape index (κ1) is 15.0. The third kappa shape index (κ3) is 3.81. The van der Waals surface area contributed by atoms with Gasteiger partial charge >= 0.3 is 5.97 Å². The van der Waals surface area contributed by atoms with Gasteiger partial charge in [-0.25, -0.2) is 0 Å². The highest BCUT2D eigenvalue weighted by molar-refractivity contribution is 6.00. The van der Waals surface area contributed by atoms with E-state index >= 15 is 0 Å². The summed E-state index contributed by atoms with van der Waals surface area (Å²) in [5.41, 5.74) is 1.40. The molecular formula is C15H18N2O4. The Hall–Kier alpha value is -2.37. The lowest BCUT2D eigenvalue weighted by Crippen LogP contribution is -2.24. The highest BCUT2D eigenvalue weighted by Gasteiger charge is 2.25. The van der Waals surface area contributed by atoms with Crippen molar-refractivity contribution in [1.82, 2.24) is 5.32 Å². The van der Waals surface area contributed by atoms with Gasteiger partial charge in [-0.1, -0.05) is 19.9 Å². The first-order chi connectivity index (χ1) is 9.77. The number of amides is 2. The minimum absolute atomic E-state index is 0.0764. The number of benzene rings is 1. The van der Waals surface area contributed by atoms with Gasteiger partial charge < -0.3 is 15.7 Å². The van der Waals surface area contributed by atoms with E-state index in [-0.39, 0.29) is 24.7 Å². The van der Waals surface area contributed by atoms with Crippen LogP contribution in [0.25, 0.3) is 0 Å². The molecule has 1 heterocycles. The van der Waals surface area contributed by atoms with Crippen LogP contribution < -0.4 is 10.6 Å². The van der Waals surface area contributed by atoms with Gasteiger partial charge in [-0.15, -0.1) is 0 Å². The van der Waals surface area contributed by atoms with Crippen LogP contribution >= 0.6 is 0 Å². The maximum Gasteiger partial charge on any atom is 0.303 e. The second kappa shape index (κ2) is 5.55. The SMILES string of the molecule is CC(C)(CC(=O)O)CC(=O)Nc1ccc2c(c1)C(=O)NC2. The smallest absolute Gasteiger partial charge is 0.303 e. The largest absolute Gasteiger partial charge is 0.481 e. The van der Waals surface area contributed by atoms with Crippen LogP contribution in [0.2, 0.25) is 0 Å². The quantitative estimate of drug-likeness (QED) is 0.770. The van der Waals surface area contributed by atoms with Crippen molar-refractivity contribution in [3.05, 3.63) is 29.3 Å². The molecule has 0 fully saturated rings. The lowest BCUT2D eigenvalue weighted by Gasteiger charge is -2.21. The molecular weight excluding hydrogens is 272 g/mol.